The van der Waals surface area contributed by atoms with Gasteiger partial charge in [-0.15, -0.1) is 0 Å². The Morgan fingerprint density at radius 3 is 2.61 bits per heavy atom. The maximum atomic E-state index is 12.0. The zero-order chi connectivity index (χ0) is 12.5. The average molecular weight is 310 g/mol. The van der Waals surface area contributed by atoms with Crippen LogP contribution in [-0.4, -0.2) is 30.6 Å². The van der Waals surface area contributed by atoms with Gasteiger partial charge in [0.1, 0.15) is 0 Å². The second-order valence-corrected chi connectivity index (χ2v) is 5.97. The first kappa shape index (κ1) is 12.2. The molecule has 2 aliphatic heterocycles. The summed E-state index contributed by atoms with van der Waals surface area (Å²) >= 11 is 3.44. The molecule has 3 nitrogen and oxygen atoms in total. The molecule has 0 bridgehead atoms. The van der Waals surface area contributed by atoms with Gasteiger partial charge in [-0.3, -0.25) is 4.79 Å². The molecule has 2 aliphatic rings. The molecule has 2 fully saturated rings. The van der Waals surface area contributed by atoms with Crippen LogP contribution in [-0.2, 0) is 9.53 Å². The molecule has 0 aliphatic carbocycles. The average Bonchev–Trinajstić information content (AvgIpc) is 2.67. The summed E-state index contributed by atoms with van der Waals surface area (Å²) in [7, 11) is 0. The van der Waals surface area contributed by atoms with E-state index in [1.54, 1.807) is 0 Å². The van der Waals surface area contributed by atoms with Crippen molar-refractivity contribution in [2.45, 2.75) is 18.9 Å². The summed E-state index contributed by atoms with van der Waals surface area (Å²) in [6.45, 7) is 2.45. The highest BCUT2D eigenvalue weighted by molar-refractivity contribution is 9.10. The van der Waals surface area contributed by atoms with E-state index < -0.39 is 0 Å². The van der Waals surface area contributed by atoms with Gasteiger partial charge < -0.3 is 9.64 Å². The van der Waals surface area contributed by atoms with Crippen LogP contribution in [0.3, 0.4) is 0 Å². The zero-order valence-corrected chi connectivity index (χ0v) is 11.7. The summed E-state index contributed by atoms with van der Waals surface area (Å²) in [6, 6.07) is 8.56. The van der Waals surface area contributed by atoms with Crippen molar-refractivity contribution in [3.05, 3.63) is 34.3 Å². The minimum absolute atomic E-state index is 0.256. The van der Waals surface area contributed by atoms with Gasteiger partial charge in [-0.25, -0.2) is 0 Å². The fourth-order valence-electron chi connectivity index (χ4n) is 2.66. The van der Waals surface area contributed by atoms with E-state index in [1.165, 1.54) is 5.56 Å². The third-order valence-corrected chi connectivity index (χ3v) is 4.27. The number of likely N-dealkylation sites (tertiary alicyclic amines) is 1. The first-order valence-corrected chi connectivity index (χ1v) is 7.16. The number of hydrogen-bond donors (Lipinski definition) is 0. The van der Waals surface area contributed by atoms with Crippen molar-refractivity contribution in [3.8, 4) is 0 Å². The van der Waals surface area contributed by atoms with Crippen LogP contribution in [0.1, 0.15) is 24.4 Å². The molecule has 0 aromatic heterocycles. The lowest BCUT2D eigenvalue weighted by atomic mass is 10.0. The lowest BCUT2D eigenvalue weighted by Crippen LogP contribution is -2.41. The van der Waals surface area contributed by atoms with E-state index in [4.69, 9.17) is 4.74 Å². The van der Waals surface area contributed by atoms with Crippen LogP contribution < -0.4 is 0 Å². The van der Waals surface area contributed by atoms with Crippen LogP contribution >= 0.6 is 15.9 Å². The molecule has 0 spiro atoms. The third-order valence-electron chi connectivity index (χ3n) is 3.74. The van der Waals surface area contributed by atoms with E-state index in [2.05, 4.69) is 28.1 Å². The summed E-state index contributed by atoms with van der Waals surface area (Å²) in [5, 5.41) is 0. The first-order valence-electron chi connectivity index (χ1n) is 6.37. The zero-order valence-electron chi connectivity index (χ0n) is 10.1. The van der Waals surface area contributed by atoms with Gasteiger partial charge in [0, 0.05) is 23.4 Å². The van der Waals surface area contributed by atoms with Gasteiger partial charge in [0.15, 0.2) is 0 Å². The molecule has 0 N–H and O–H groups in total. The predicted molar refractivity (Wildman–Crippen MR) is 72.1 cm³/mol. The number of amides is 1. The van der Waals surface area contributed by atoms with Crippen molar-refractivity contribution in [1.82, 2.24) is 4.90 Å². The lowest BCUT2D eigenvalue weighted by Gasteiger charge is -2.33. The molecule has 2 heterocycles. The van der Waals surface area contributed by atoms with Crippen LogP contribution in [0.5, 0.6) is 0 Å². The minimum Gasteiger partial charge on any atom is -0.381 e. The van der Waals surface area contributed by atoms with Gasteiger partial charge in [-0.2, -0.15) is 0 Å². The van der Waals surface area contributed by atoms with E-state index in [0.29, 0.717) is 12.3 Å². The van der Waals surface area contributed by atoms with E-state index in [9.17, 15) is 4.79 Å². The van der Waals surface area contributed by atoms with Crippen molar-refractivity contribution < 1.29 is 9.53 Å². The second kappa shape index (κ2) is 5.02. The summed E-state index contributed by atoms with van der Waals surface area (Å²) in [6.07, 6.45) is 1.61. The van der Waals surface area contributed by atoms with E-state index >= 15 is 0 Å². The van der Waals surface area contributed by atoms with Gasteiger partial charge in [-0.05, 0) is 24.1 Å². The van der Waals surface area contributed by atoms with E-state index in [-0.39, 0.29) is 11.9 Å². The number of nitrogens with zero attached hydrogens (tertiary/aromatic N) is 1. The highest BCUT2D eigenvalue weighted by atomic mass is 79.9. The largest absolute Gasteiger partial charge is 0.381 e. The molecule has 0 unspecified atom stereocenters. The molecule has 1 aromatic carbocycles. The Balaban J connectivity index is 1.76. The fourth-order valence-corrected chi connectivity index (χ4v) is 2.93. The molecule has 1 atom stereocenters. The Bertz CT molecular complexity index is 442. The Labute approximate surface area is 115 Å². The van der Waals surface area contributed by atoms with Crippen molar-refractivity contribution in [1.29, 1.82) is 0 Å². The van der Waals surface area contributed by atoms with Gasteiger partial charge in [0.25, 0.3) is 0 Å². The molecule has 96 valence electrons. The molecule has 1 aromatic rings. The second-order valence-electron chi connectivity index (χ2n) is 5.06. The number of carbonyl (C=O) groups is 1. The smallest absolute Gasteiger partial charge is 0.223 e. The van der Waals surface area contributed by atoms with Crippen molar-refractivity contribution in [2.24, 2.45) is 5.92 Å². The van der Waals surface area contributed by atoms with Gasteiger partial charge in [-0.1, -0.05) is 28.1 Å². The Morgan fingerprint density at radius 1 is 1.28 bits per heavy atom. The monoisotopic (exact) mass is 309 g/mol. The van der Waals surface area contributed by atoms with Gasteiger partial charge >= 0.3 is 0 Å². The standard InChI is InChI=1S/C14H16BrNO2/c15-12-3-1-11(2-4-12)13-5-6-14(17)16(13)7-10-8-18-9-10/h1-4,10,13H,5-9H2/t13-/m0/s1. The predicted octanol–water partition coefficient (Wildman–Crippen LogP) is 2.76. The quantitative estimate of drug-likeness (QED) is 0.859. The number of benzene rings is 1. The highest BCUT2D eigenvalue weighted by Gasteiger charge is 2.34. The van der Waals surface area contributed by atoms with Crippen LogP contribution in [0.15, 0.2) is 28.7 Å². The van der Waals surface area contributed by atoms with Crippen LogP contribution in [0.2, 0.25) is 0 Å². The molecule has 2 saturated heterocycles. The SMILES string of the molecule is O=C1CC[C@@H](c2ccc(Br)cc2)N1CC1COC1. The van der Waals surface area contributed by atoms with Crippen molar-refractivity contribution in [3.63, 3.8) is 0 Å². The molecular formula is C14H16BrNO2. The maximum absolute atomic E-state index is 12.0. The first-order chi connectivity index (χ1) is 8.74. The summed E-state index contributed by atoms with van der Waals surface area (Å²) in [5.41, 5.74) is 1.24. The molecule has 18 heavy (non-hydrogen) atoms. The van der Waals surface area contributed by atoms with E-state index in [0.717, 1.165) is 30.7 Å². The number of rotatable bonds is 3. The molecule has 0 saturated carbocycles. The molecule has 0 radical (unpaired) electrons. The van der Waals surface area contributed by atoms with Gasteiger partial charge in [0.05, 0.1) is 19.3 Å². The maximum Gasteiger partial charge on any atom is 0.223 e. The summed E-state index contributed by atoms with van der Waals surface area (Å²) < 4.78 is 6.27. The van der Waals surface area contributed by atoms with Crippen LogP contribution in [0.25, 0.3) is 0 Å². The number of carbonyl (C=O) groups excluding carboxylic acids is 1. The third kappa shape index (κ3) is 2.31. The Kier molecular flexibility index (Phi) is 3.39. The molecule has 3 rings (SSSR count). The summed E-state index contributed by atoms with van der Waals surface area (Å²) in [4.78, 5) is 14.0. The molecule has 4 heteroatoms. The van der Waals surface area contributed by atoms with Crippen molar-refractivity contribution in [2.75, 3.05) is 19.8 Å². The fraction of sp³-hybridized carbons (Fsp3) is 0.500. The lowest BCUT2D eigenvalue weighted by molar-refractivity contribution is -0.132. The number of hydrogen-bond acceptors (Lipinski definition) is 2. The summed E-state index contributed by atoms with van der Waals surface area (Å²) in [5.74, 6) is 0.819. The normalized spacial score (nSPS) is 24.4. The Hall–Kier alpha value is -0.870. The number of ether oxygens (including phenoxy) is 1. The number of halogens is 1. The Morgan fingerprint density at radius 2 is 2.00 bits per heavy atom. The van der Waals surface area contributed by atoms with Crippen LogP contribution in [0, 0.1) is 5.92 Å². The molecular weight excluding hydrogens is 294 g/mol. The van der Waals surface area contributed by atoms with Crippen LogP contribution in [0.4, 0.5) is 0 Å². The minimum atomic E-state index is 0.256. The topological polar surface area (TPSA) is 29.5 Å². The highest BCUT2D eigenvalue weighted by Crippen LogP contribution is 2.34. The van der Waals surface area contributed by atoms with Gasteiger partial charge in [0.2, 0.25) is 5.91 Å². The van der Waals surface area contributed by atoms with E-state index in [1.807, 2.05) is 17.0 Å². The van der Waals surface area contributed by atoms with Crippen molar-refractivity contribution >= 4 is 21.8 Å². The molecule has 1 amide bonds.